The van der Waals surface area contributed by atoms with E-state index in [2.05, 4.69) is 65.7 Å². The van der Waals surface area contributed by atoms with Crippen LogP contribution in [0.1, 0.15) is 17.5 Å². The Kier molecular flexibility index (Phi) is 2.12. The second-order valence-electron chi connectivity index (χ2n) is 5.87. The van der Waals surface area contributed by atoms with Gasteiger partial charge in [0, 0.05) is 16.3 Å². The molecule has 3 aromatic carbocycles. The smallest absolute Gasteiger partial charge is 0.0503 e. The van der Waals surface area contributed by atoms with Crippen molar-refractivity contribution in [1.82, 2.24) is 4.98 Å². The number of benzene rings is 3. The van der Waals surface area contributed by atoms with Gasteiger partial charge in [-0.2, -0.15) is 0 Å². The first-order chi connectivity index (χ1) is 10.4. The molecule has 0 saturated carbocycles. The third-order valence-electron chi connectivity index (χ3n) is 4.64. The molecule has 0 saturated heterocycles. The van der Waals surface area contributed by atoms with Crippen LogP contribution in [0, 0.1) is 0 Å². The van der Waals surface area contributed by atoms with Crippen molar-refractivity contribution in [2.24, 2.45) is 0 Å². The van der Waals surface area contributed by atoms with Crippen LogP contribution in [-0.4, -0.2) is 4.98 Å². The first-order valence-corrected chi connectivity index (χ1v) is 7.53. The van der Waals surface area contributed by atoms with E-state index in [9.17, 15) is 0 Å². The number of aromatic amines is 1. The summed E-state index contributed by atoms with van der Waals surface area (Å²) in [6.07, 6.45) is 6.80. The minimum atomic E-state index is 1.13. The number of aryl methyl sites for hydroxylation is 1. The second-order valence-corrected chi connectivity index (χ2v) is 5.87. The highest BCUT2D eigenvalue weighted by Gasteiger charge is 2.13. The summed E-state index contributed by atoms with van der Waals surface area (Å²) in [6, 6.07) is 17.7. The average molecular weight is 269 g/mol. The highest BCUT2D eigenvalue weighted by molar-refractivity contribution is 6.13. The lowest BCUT2D eigenvalue weighted by molar-refractivity contribution is 0.994. The molecule has 0 fully saturated rings. The van der Waals surface area contributed by atoms with Gasteiger partial charge in [-0.3, -0.25) is 0 Å². The van der Waals surface area contributed by atoms with Gasteiger partial charge in [0.15, 0.2) is 0 Å². The number of aromatic nitrogens is 1. The van der Waals surface area contributed by atoms with E-state index in [4.69, 9.17) is 0 Å². The van der Waals surface area contributed by atoms with Crippen LogP contribution in [0.15, 0.2) is 54.6 Å². The fourth-order valence-corrected chi connectivity index (χ4v) is 3.60. The van der Waals surface area contributed by atoms with Crippen LogP contribution in [0.2, 0.25) is 0 Å². The van der Waals surface area contributed by atoms with Crippen molar-refractivity contribution in [2.45, 2.75) is 12.8 Å². The third-order valence-corrected chi connectivity index (χ3v) is 4.64. The molecule has 0 unspecified atom stereocenters. The molecule has 1 aliphatic rings. The lowest BCUT2D eigenvalue weighted by Gasteiger charge is -2.11. The standard InChI is InChI=1S/C20H15N/c1-2-7-15-12-19-18(11-14(15)6-1)17-10-9-13-5-3-4-8-16(13)20(17)21-19/h1-3,5-7,9-12,21H,4,8H2. The van der Waals surface area contributed by atoms with Gasteiger partial charge in [0.25, 0.3) is 0 Å². The van der Waals surface area contributed by atoms with E-state index in [1.165, 1.54) is 43.7 Å². The maximum absolute atomic E-state index is 3.66. The SMILES string of the molecule is C1=Cc2ccc3c([nH]c4cc5ccccc5cc43)c2CC1. The van der Waals surface area contributed by atoms with Crippen molar-refractivity contribution in [3.8, 4) is 0 Å². The molecule has 5 rings (SSSR count). The highest BCUT2D eigenvalue weighted by Crippen LogP contribution is 2.34. The molecule has 1 heterocycles. The molecule has 0 bridgehead atoms. The van der Waals surface area contributed by atoms with Gasteiger partial charge < -0.3 is 4.98 Å². The molecule has 100 valence electrons. The first-order valence-electron chi connectivity index (χ1n) is 7.53. The van der Waals surface area contributed by atoms with Gasteiger partial charge in [0.1, 0.15) is 0 Å². The Balaban J connectivity index is 1.96. The Hall–Kier alpha value is -2.54. The predicted octanol–water partition coefficient (Wildman–Crippen LogP) is 5.43. The number of nitrogens with one attached hydrogen (secondary N) is 1. The highest BCUT2D eigenvalue weighted by atomic mass is 14.7. The minimum absolute atomic E-state index is 1.13. The largest absolute Gasteiger partial charge is 0.354 e. The zero-order valence-corrected chi connectivity index (χ0v) is 11.7. The van der Waals surface area contributed by atoms with Crippen LogP contribution in [0.5, 0.6) is 0 Å². The van der Waals surface area contributed by atoms with Gasteiger partial charge in [-0.25, -0.2) is 0 Å². The maximum atomic E-state index is 3.66. The van der Waals surface area contributed by atoms with E-state index in [0.29, 0.717) is 0 Å². The molecule has 1 heteroatoms. The third kappa shape index (κ3) is 1.52. The lowest BCUT2D eigenvalue weighted by atomic mass is 9.94. The summed E-state index contributed by atoms with van der Waals surface area (Å²) in [5, 5.41) is 5.29. The molecule has 0 spiro atoms. The Morgan fingerprint density at radius 1 is 0.857 bits per heavy atom. The van der Waals surface area contributed by atoms with Crippen molar-refractivity contribution >= 4 is 38.7 Å². The van der Waals surface area contributed by atoms with Crippen molar-refractivity contribution in [2.75, 3.05) is 0 Å². The number of fused-ring (bicyclic) bond motifs is 6. The quantitative estimate of drug-likeness (QED) is 0.438. The maximum Gasteiger partial charge on any atom is 0.0503 e. The van der Waals surface area contributed by atoms with Crippen LogP contribution >= 0.6 is 0 Å². The molecule has 0 atom stereocenters. The minimum Gasteiger partial charge on any atom is -0.354 e. The van der Waals surface area contributed by atoms with Crippen molar-refractivity contribution < 1.29 is 0 Å². The van der Waals surface area contributed by atoms with Crippen LogP contribution in [0.4, 0.5) is 0 Å². The Morgan fingerprint density at radius 3 is 2.62 bits per heavy atom. The summed E-state index contributed by atoms with van der Waals surface area (Å²) >= 11 is 0. The fraction of sp³-hybridized carbons (Fsp3) is 0.100. The Labute approximate surface area is 122 Å². The second kappa shape index (κ2) is 3.98. The number of hydrogen-bond acceptors (Lipinski definition) is 0. The van der Waals surface area contributed by atoms with Crippen LogP contribution in [0.25, 0.3) is 38.7 Å². The summed E-state index contributed by atoms with van der Waals surface area (Å²) in [7, 11) is 0. The molecule has 1 nitrogen and oxygen atoms in total. The first kappa shape index (κ1) is 11.2. The van der Waals surface area contributed by atoms with Gasteiger partial charge in [-0.15, -0.1) is 0 Å². The molecule has 1 aromatic heterocycles. The number of allylic oxidation sites excluding steroid dienone is 1. The van der Waals surface area contributed by atoms with E-state index in [-0.39, 0.29) is 0 Å². The van der Waals surface area contributed by atoms with Gasteiger partial charge >= 0.3 is 0 Å². The normalized spacial score (nSPS) is 14.1. The van der Waals surface area contributed by atoms with E-state index in [0.717, 1.165) is 12.8 Å². The van der Waals surface area contributed by atoms with E-state index in [1.807, 2.05) is 0 Å². The zero-order chi connectivity index (χ0) is 13.8. The van der Waals surface area contributed by atoms with Crippen LogP contribution < -0.4 is 0 Å². The lowest BCUT2D eigenvalue weighted by Crippen LogP contribution is -1.94. The van der Waals surface area contributed by atoms with Gasteiger partial charge in [-0.1, -0.05) is 48.6 Å². The van der Waals surface area contributed by atoms with Gasteiger partial charge in [-0.05, 0) is 46.9 Å². The van der Waals surface area contributed by atoms with Crippen molar-refractivity contribution in [1.29, 1.82) is 0 Å². The van der Waals surface area contributed by atoms with Crippen molar-refractivity contribution in [3.05, 3.63) is 65.7 Å². The molecule has 4 aromatic rings. The molecule has 0 amide bonds. The van der Waals surface area contributed by atoms with Crippen LogP contribution in [0.3, 0.4) is 0 Å². The van der Waals surface area contributed by atoms with Crippen molar-refractivity contribution in [3.63, 3.8) is 0 Å². The summed E-state index contributed by atoms with van der Waals surface area (Å²) in [5.74, 6) is 0. The molecule has 21 heavy (non-hydrogen) atoms. The summed E-state index contributed by atoms with van der Waals surface area (Å²) in [6.45, 7) is 0. The monoisotopic (exact) mass is 269 g/mol. The summed E-state index contributed by atoms with van der Waals surface area (Å²) in [4.78, 5) is 3.66. The zero-order valence-electron chi connectivity index (χ0n) is 11.7. The predicted molar refractivity (Wildman–Crippen MR) is 90.7 cm³/mol. The number of rotatable bonds is 0. The summed E-state index contributed by atoms with van der Waals surface area (Å²) in [5.41, 5.74) is 5.40. The van der Waals surface area contributed by atoms with E-state index >= 15 is 0 Å². The van der Waals surface area contributed by atoms with Crippen LogP contribution in [-0.2, 0) is 6.42 Å². The Morgan fingerprint density at radius 2 is 1.71 bits per heavy atom. The van der Waals surface area contributed by atoms with Gasteiger partial charge in [0.05, 0.1) is 5.52 Å². The molecule has 1 aliphatic carbocycles. The molecule has 1 N–H and O–H groups in total. The molecular weight excluding hydrogens is 254 g/mol. The number of hydrogen-bond donors (Lipinski definition) is 1. The molecule has 0 aliphatic heterocycles. The molecular formula is C20H15N. The topological polar surface area (TPSA) is 15.8 Å². The van der Waals surface area contributed by atoms with Gasteiger partial charge in [0.2, 0.25) is 0 Å². The molecule has 0 radical (unpaired) electrons. The average Bonchev–Trinajstić information content (AvgIpc) is 2.90. The number of H-pyrrole nitrogens is 1. The summed E-state index contributed by atoms with van der Waals surface area (Å²) < 4.78 is 0. The fourth-order valence-electron chi connectivity index (χ4n) is 3.60. The Bertz CT molecular complexity index is 1030. The van der Waals surface area contributed by atoms with E-state index in [1.54, 1.807) is 0 Å². The van der Waals surface area contributed by atoms with E-state index < -0.39 is 0 Å².